The van der Waals surface area contributed by atoms with Crippen LogP contribution in [0.4, 0.5) is 0 Å². The Morgan fingerprint density at radius 3 is 2.88 bits per heavy atom. The van der Waals surface area contributed by atoms with Crippen molar-refractivity contribution in [2.75, 3.05) is 5.75 Å². The Kier molecular flexibility index (Phi) is 5.69. The number of carbonyl (C=O) groups excluding carboxylic acids is 1. The Morgan fingerprint density at radius 2 is 2.06 bits per heavy atom. The van der Waals surface area contributed by atoms with E-state index in [-0.39, 0.29) is 17.1 Å². The van der Waals surface area contributed by atoms with Gasteiger partial charge in [0.15, 0.2) is 5.78 Å². The first-order valence-corrected chi connectivity index (χ1v) is 12.4. The van der Waals surface area contributed by atoms with Crippen LogP contribution in [-0.2, 0) is 13.0 Å². The van der Waals surface area contributed by atoms with E-state index >= 15 is 0 Å². The number of hydrogen-bond donors (Lipinski definition) is 0. The van der Waals surface area contributed by atoms with Crippen molar-refractivity contribution in [3.63, 3.8) is 0 Å². The summed E-state index contributed by atoms with van der Waals surface area (Å²) in [6, 6.07) is 7.33. The second-order valence-corrected chi connectivity index (χ2v) is 10.3. The minimum atomic E-state index is 0.0118. The molecular weight excluding hydrogens is 444 g/mol. The molecule has 5 rings (SSSR count). The molecule has 164 valence electrons. The number of rotatable bonds is 5. The first kappa shape index (κ1) is 21.1. The summed E-state index contributed by atoms with van der Waals surface area (Å²) in [6.45, 7) is 4.68. The highest BCUT2D eigenvalue weighted by atomic mass is 32.2. The van der Waals surface area contributed by atoms with Gasteiger partial charge in [-0.05, 0) is 51.0 Å². The molecule has 0 radical (unpaired) electrons. The van der Waals surface area contributed by atoms with Crippen molar-refractivity contribution in [2.24, 2.45) is 0 Å². The molecule has 1 aromatic carbocycles. The van der Waals surface area contributed by atoms with Crippen molar-refractivity contribution in [3.8, 4) is 11.5 Å². The first-order valence-electron chi connectivity index (χ1n) is 10.6. The van der Waals surface area contributed by atoms with Crippen molar-refractivity contribution in [3.05, 3.63) is 55.8 Å². The minimum Gasteiger partial charge on any atom is -0.411 e. The number of nitrogens with zero attached hydrogens (tertiary/aromatic N) is 4. The smallest absolute Gasteiger partial charge is 0.277 e. The summed E-state index contributed by atoms with van der Waals surface area (Å²) in [5, 5.41) is 9.15. The summed E-state index contributed by atoms with van der Waals surface area (Å²) in [4.78, 5) is 32.3. The normalized spacial score (nSPS) is 13.8. The number of carbonyl (C=O) groups is 1. The zero-order valence-corrected chi connectivity index (χ0v) is 19.5. The van der Waals surface area contributed by atoms with Gasteiger partial charge in [-0.3, -0.25) is 14.2 Å². The van der Waals surface area contributed by atoms with E-state index in [4.69, 9.17) is 9.40 Å². The largest absolute Gasteiger partial charge is 0.411 e. The molecule has 0 spiro atoms. The molecular formula is C23H22N4O3S2. The Hall–Kier alpha value is -2.78. The van der Waals surface area contributed by atoms with Crippen molar-refractivity contribution >= 4 is 39.8 Å². The summed E-state index contributed by atoms with van der Waals surface area (Å²) in [5.74, 6) is 1.48. The second kappa shape index (κ2) is 8.63. The van der Waals surface area contributed by atoms with E-state index in [9.17, 15) is 9.59 Å². The number of thiophene rings is 1. The number of ketones is 1. The third-order valence-corrected chi connectivity index (χ3v) is 7.42. The van der Waals surface area contributed by atoms with Crippen molar-refractivity contribution in [1.82, 2.24) is 19.7 Å². The summed E-state index contributed by atoms with van der Waals surface area (Å²) < 4.78 is 7.59. The van der Waals surface area contributed by atoms with Crippen LogP contribution in [0, 0.1) is 13.8 Å². The van der Waals surface area contributed by atoms with E-state index < -0.39 is 0 Å². The molecule has 0 fully saturated rings. The van der Waals surface area contributed by atoms with Crippen LogP contribution in [0.5, 0.6) is 0 Å². The van der Waals surface area contributed by atoms with Crippen LogP contribution in [0.25, 0.3) is 22.4 Å². The van der Waals surface area contributed by atoms with Crippen LogP contribution >= 0.6 is 23.1 Å². The fourth-order valence-corrected chi connectivity index (χ4v) is 5.64. The van der Waals surface area contributed by atoms with Gasteiger partial charge < -0.3 is 4.42 Å². The first-order chi connectivity index (χ1) is 15.5. The van der Waals surface area contributed by atoms with Gasteiger partial charge in [0.05, 0.1) is 16.7 Å². The number of aromatic nitrogens is 4. The molecule has 4 heterocycles. The maximum absolute atomic E-state index is 12.9. The molecule has 7 nitrogen and oxygen atoms in total. The zero-order valence-electron chi connectivity index (χ0n) is 17.9. The summed E-state index contributed by atoms with van der Waals surface area (Å²) in [7, 11) is 0. The van der Waals surface area contributed by atoms with Crippen molar-refractivity contribution in [1.29, 1.82) is 0 Å². The molecule has 9 heteroatoms. The Morgan fingerprint density at radius 1 is 1.19 bits per heavy atom. The lowest BCUT2D eigenvalue weighted by atomic mass is 10.1. The number of hydrogen-bond acceptors (Lipinski definition) is 8. The summed E-state index contributed by atoms with van der Waals surface area (Å²) >= 11 is 2.85. The van der Waals surface area contributed by atoms with E-state index in [1.54, 1.807) is 23.5 Å². The highest BCUT2D eigenvalue weighted by molar-refractivity contribution is 7.99. The fourth-order valence-electron chi connectivity index (χ4n) is 4.05. The lowest BCUT2D eigenvalue weighted by molar-refractivity contribution is 0.102. The maximum atomic E-state index is 12.9. The van der Waals surface area contributed by atoms with Crippen LogP contribution in [0.3, 0.4) is 0 Å². The van der Waals surface area contributed by atoms with E-state index in [0.717, 1.165) is 53.4 Å². The average molecular weight is 467 g/mol. The van der Waals surface area contributed by atoms with Crippen LogP contribution < -0.4 is 5.56 Å². The molecule has 0 bridgehead atoms. The molecule has 4 aromatic rings. The quantitative estimate of drug-likeness (QED) is 0.307. The van der Waals surface area contributed by atoms with Gasteiger partial charge in [0.1, 0.15) is 5.82 Å². The third-order valence-electron chi connectivity index (χ3n) is 5.64. The van der Waals surface area contributed by atoms with Crippen LogP contribution in [0.1, 0.15) is 45.2 Å². The molecule has 0 aliphatic carbocycles. The van der Waals surface area contributed by atoms with Gasteiger partial charge >= 0.3 is 0 Å². The monoisotopic (exact) mass is 466 g/mol. The number of benzene rings is 1. The average Bonchev–Trinajstić information content (AvgIpc) is 3.31. The Bertz CT molecular complexity index is 1390. The molecule has 0 atom stereocenters. The van der Waals surface area contributed by atoms with Crippen LogP contribution in [0.2, 0.25) is 0 Å². The molecule has 0 unspecified atom stereocenters. The SMILES string of the molecule is Cc1cc(C(=O)CSc2nnc(-c3ccc4c(=O)n5c(nc4c3)CCCCC5)o2)c(C)s1. The third kappa shape index (κ3) is 4.02. The Balaban J connectivity index is 1.37. The standard InChI is InChI=1S/C23H22N4O3S2/c1-13-10-17(14(2)32-13)19(28)12-31-23-26-25-21(30-23)15-7-8-16-18(11-15)24-20-6-4-3-5-9-27(20)22(16)29/h7-8,10-11H,3-6,9,12H2,1-2H3. The van der Waals surface area contributed by atoms with Gasteiger partial charge in [-0.15, -0.1) is 21.5 Å². The van der Waals surface area contributed by atoms with Crippen molar-refractivity contribution in [2.45, 2.75) is 51.3 Å². The van der Waals surface area contributed by atoms with Gasteiger partial charge in [-0.1, -0.05) is 18.2 Å². The van der Waals surface area contributed by atoms with Gasteiger partial charge in [0.25, 0.3) is 10.8 Å². The van der Waals surface area contributed by atoms with Gasteiger partial charge in [-0.25, -0.2) is 4.98 Å². The van der Waals surface area contributed by atoms with E-state index in [1.807, 2.05) is 30.5 Å². The van der Waals surface area contributed by atoms with Gasteiger partial charge in [0, 0.05) is 33.8 Å². The lowest BCUT2D eigenvalue weighted by Crippen LogP contribution is -2.24. The number of Topliss-reactive ketones (excluding diaryl/α,β-unsaturated/α-hetero) is 1. The van der Waals surface area contributed by atoms with Crippen LogP contribution in [-0.4, -0.2) is 31.3 Å². The lowest BCUT2D eigenvalue weighted by Gasteiger charge is -2.10. The zero-order chi connectivity index (χ0) is 22.2. The highest BCUT2D eigenvalue weighted by Crippen LogP contribution is 2.27. The fraction of sp³-hybridized carbons (Fsp3) is 0.348. The summed E-state index contributed by atoms with van der Waals surface area (Å²) in [5.41, 5.74) is 2.12. The van der Waals surface area contributed by atoms with Gasteiger partial charge in [0.2, 0.25) is 5.89 Å². The molecule has 3 aromatic heterocycles. The second-order valence-electron chi connectivity index (χ2n) is 7.94. The van der Waals surface area contributed by atoms with Gasteiger partial charge in [-0.2, -0.15) is 0 Å². The number of aryl methyl sites for hydroxylation is 3. The summed E-state index contributed by atoms with van der Waals surface area (Å²) in [6.07, 6.45) is 3.98. The van der Waals surface area contributed by atoms with E-state index in [1.165, 1.54) is 11.8 Å². The maximum Gasteiger partial charge on any atom is 0.277 e. The predicted molar refractivity (Wildman–Crippen MR) is 126 cm³/mol. The number of thioether (sulfide) groups is 1. The van der Waals surface area contributed by atoms with E-state index in [2.05, 4.69) is 10.2 Å². The van der Waals surface area contributed by atoms with Crippen LogP contribution in [0.15, 0.2) is 38.7 Å². The minimum absolute atomic E-state index is 0.0118. The molecule has 0 saturated carbocycles. The molecule has 32 heavy (non-hydrogen) atoms. The molecule has 0 N–H and O–H groups in total. The predicted octanol–water partition coefficient (Wildman–Crippen LogP) is 4.83. The molecule has 1 aliphatic rings. The van der Waals surface area contributed by atoms with Crippen molar-refractivity contribution < 1.29 is 9.21 Å². The Labute approximate surface area is 192 Å². The van der Waals surface area contributed by atoms with E-state index in [0.29, 0.717) is 27.6 Å². The number of fused-ring (bicyclic) bond motifs is 2. The molecule has 1 aliphatic heterocycles. The topological polar surface area (TPSA) is 90.9 Å². The highest BCUT2D eigenvalue weighted by Gasteiger charge is 2.17. The molecule has 0 saturated heterocycles. The molecule has 0 amide bonds.